The minimum atomic E-state index is -0.804. The molecule has 0 saturated carbocycles. The first-order valence-electron chi connectivity index (χ1n) is 12.6. The third-order valence-corrected chi connectivity index (χ3v) is 5.17. The number of nitrogens with one attached hydrogen (secondary N) is 3. The quantitative estimate of drug-likeness (QED) is 0.121. The van der Waals surface area contributed by atoms with E-state index in [-0.39, 0.29) is 43.6 Å². The molecule has 0 aromatic heterocycles. The summed E-state index contributed by atoms with van der Waals surface area (Å²) in [4.78, 5) is 36.5. The Morgan fingerprint density at radius 2 is 1.17 bits per heavy atom. The molecule has 202 valence electrons. The van der Waals surface area contributed by atoms with Crippen molar-refractivity contribution in [2.24, 2.45) is 5.73 Å². The number of amides is 3. The molecule has 1 atom stereocenters. The fourth-order valence-electron chi connectivity index (χ4n) is 3.11. The van der Waals surface area contributed by atoms with Crippen molar-refractivity contribution in [3.05, 3.63) is 0 Å². The maximum absolute atomic E-state index is 12.3. The Morgan fingerprint density at radius 3 is 1.63 bits per heavy atom. The predicted octanol–water partition coefficient (Wildman–Crippen LogP) is 0.876. The first kappa shape index (κ1) is 32.8. The number of hydrogen-bond acceptors (Lipinski definition) is 7. The molecule has 0 spiro atoms. The zero-order valence-electron chi connectivity index (χ0n) is 21.6. The summed E-state index contributed by atoms with van der Waals surface area (Å²) >= 11 is 0. The van der Waals surface area contributed by atoms with E-state index < -0.39 is 5.54 Å². The van der Waals surface area contributed by atoms with Crippen LogP contribution in [0.25, 0.3) is 0 Å². The van der Waals surface area contributed by atoms with E-state index in [1.165, 1.54) is 0 Å². The van der Waals surface area contributed by atoms with Crippen molar-refractivity contribution in [1.82, 2.24) is 16.0 Å². The van der Waals surface area contributed by atoms with Gasteiger partial charge in [-0.05, 0) is 32.1 Å². The van der Waals surface area contributed by atoms with Crippen molar-refractivity contribution in [1.29, 1.82) is 0 Å². The van der Waals surface area contributed by atoms with E-state index in [2.05, 4.69) is 21.9 Å². The van der Waals surface area contributed by atoms with Crippen molar-refractivity contribution in [2.45, 2.75) is 70.8 Å². The molecule has 0 rings (SSSR count). The van der Waals surface area contributed by atoms with Crippen molar-refractivity contribution >= 4 is 17.7 Å². The maximum Gasteiger partial charge on any atom is 0.220 e. The van der Waals surface area contributed by atoms with Crippen LogP contribution in [0.5, 0.6) is 0 Å². The molecule has 10 heteroatoms. The SMILES string of the molecule is C#CCOCCOCCNC(=O)CCC(N)(CCC(=O)NCCC)CCC(=O)NCCOCCC. The van der Waals surface area contributed by atoms with Gasteiger partial charge in [0.05, 0.1) is 26.4 Å². The molecule has 5 N–H and O–H groups in total. The first-order valence-corrected chi connectivity index (χ1v) is 12.6. The Morgan fingerprint density at radius 1 is 0.714 bits per heavy atom. The number of terminal acetylenes is 1. The Balaban J connectivity index is 4.46. The second-order valence-corrected chi connectivity index (χ2v) is 8.39. The molecule has 0 bridgehead atoms. The number of carbonyl (C=O) groups excluding carboxylic acids is 3. The number of rotatable bonds is 23. The molecule has 0 aromatic rings. The first-order chi connectivity index (χ1) is 16.9. The van der Waals surface area contributed by atoms with Crippen molar-refractivity contribution in [3.8, 4) is 12.3 Å². The van der Waals surface area contributed by atoms with Crippen molar-refractivity contribution in [3.63, 3.8) is 0 Å². The fourth-order valence-corrected chi connectivity index (χ4v) is 3.11. The summed E-state index contributed by atoms with van der Waals surface area (Å²) in [5, 5.41) is 8.45. The standard InChI is InChI=1S/C25H46N4O6/c1-4-13-27-22(30)7-10-25(26,11-8-23(31)28-14-18-33-16-5-2)12-9-24(32)29-15-19-35-21-20-34-17-6-3/h3H,4-5,7-21,26H2,1-2H3,(H,27,30)(H,28,31)(H,29,32). The van der Waals surface area contributed by atoms with Crippen LogP contribution in [0.1, 0.15) is 65.2 Å². The Kier molecular flexibility index (Phi) is 20.9. The van der Waals surface area contributed by atoms with Gasteiger partial charge < -0.3 is 35.9 Å². The Hall–Kier alpha value is -2.19. The van der Waals surface area contributed by atoms with Crippen LogP contribution >= 0.6 is 0 Å². The Labute approximate surface area is 210 Å². The molecule has 0 radical (unpaired) electrons. The van der Waals surface area contributed by atoms with E-state index in [9.17, 15) is 14.4 Å². The van der Waals surface area contributed by atoms with E-state index in [1.54, 1.807) is 0 Å². The smallest absolute Gasteiger partial charge is 0.220 e. The predicted molar refractivity (Wildman–Crippen MR) is 136 cm³/mol. The molecule has 0 aromatic carbocycles. The van der Waals surface area contributed by atoms with Gasteiger partial charge in [-0.2, -0.15) is 0 Å². The van der Waals surface area contributed by atoms with E-state index >= 15 is 0 Å². The van der Waals surface area contributed by atoms with Crippen LogP contribution in [0.2, 0.25) is 0 Å². The molecule has 35 heavy (non-hydrogen) atoms. The molecule has 0 fully saturated rings. The van der Waals surface area contributed by atoms with Crippen LogP contribution in [-0.2, 0) is 28.6 Å². The van der Waals surface area contributed by atoms with Crippen LogP contribution in [-0.4, -0.2) is 82.5 Å². The van der Waals surface area contributed by atoms with Crippen LogP contribution < -0.4 is 21.7 Å². The van der Waals surface area contributed by atoms with E-state index in [0.717, 1.165) is 12.8 Å². The highest BCUT2D eigenvalue weighted by Crippen LogP contribution is 2.23. The van der Waals surface area contributed by atoms with Crippen LogP contribution in [0.3, 0.4) is 0 Å². The monoisotopic (exact) mass is 498 g/mol. The summed E-state index contributed by atoms with van der Waals surface area (Å²) in [5.74, 6) is 2.02. The molecule has 0 aliphatic heterocycles. The summed E-state index contributed by atoms with van der Waals surface area (Å²) in [7, 11) is 0. The molecule has 10 nitrogen and oxygen atoms in total. The van der Waals surface area contributed by atoms with Gasteiger partial charge in [0.25, 0.3) is 0 Å². The number of nitrogens with two attached hydrogens (primary N) is 1. The number of carbonyl (C=O) groups is 3. The number of ether oxygens (including phenoxy) is 3. The zero-order valence-corrected chi connectivity index (χ0v) is 21.6. The largest absolute Gasteiger partial charge is 0.380 e. The van der Waals surface area contributed by atoms with Gasteiger partial charge in [0.2, 0.25) is 17.7 Å². The zero-order chi connectivity index (χ0) is 26.2. The molecule has 0 aliphatic rings. The van der Waals surface area contributed by atoms with Gasteiger partial charge >= 0.3 is 0 Å². The van der Waals surface area contributed by atoms with Gasteiger partial charge in [-0.3, -0.25) is 14.4 Å². The van der Waals surface area contributed by atoms with E-state index in [1.807, 2.05) is 13.8 Å². The third kappa shape index (κ3) is 20.9. The van der Waals surface area contributed by atoms with Gasteiger partial charge in [-0.25, -0.2) is 0 Å². The molecule has 3 amide bonds. The van der Waals surface area contributed by atoms with Crippen LogP contribution in [0, 0.1) is 12.3 Å². The van der Waals surface area contributed by atoms with Crippen LogP contribution in [0.4, 0.5) is 0 Å². The minimum Gasteiger partial charge on any atom is -0.380 e. The molecular weight excluding hydrogens is 452 g/mol. The molecule has 0 aliphatic carbocycles. The fraction of sp³-hybridized carbons (Fsp3) is 0.800. The summed E-state index contributed by atoms with van der Waals surface area (Å²) in [6, 6.07) is 0. The summed E-state index contributed by atoms with van der Waals surface area (Å²) in [6.45, 7) is 7.96. The average molecular weight is 499 g/mol. The van der Waals surface area contributed by atoms with Gasteiger partial charge in [0.15, 0.2) is 0 Å². The van der Waals surface area contributed by atoms with E-state index in [0.29, 0.717) is 71.9 Å². The normalized spacial score (nSPS) is 12.4. The van der Waals surface area contributed by atoms with Gasteiger partial charge in [-0.1, -0.05) is 19.8 Å². The summed E-state index contributed by atoms with van der Waals surface area (Å²) in [5.41, 5.74) is 5.78. The average Bonchev–Trinajstić information content (AvgIpc) is 2.85. The lowest BCUT2D eigenvalue weighted by Crippen LogP contribution is -2.43. The van der Waals surface area contributed by atoms with Gasteiger partial charge in [0, 0.05) is 51.0 Å². The minimum absolute atomic E-state index is 0.0768. The lowest BCUT2D eigenvalue weighted by Gasteiger charge is -2.29. The lowest BCUT2D eigenvalue weighted by molar-refractivity contribution is -0.121. The number of hydrogen-bond donors (Lipinski definition) is 4. The van der Waals surface area contributed by atoms with Gasteiger partial charge in [0.1, 0.15) is 6.61 Å². The lowest BCUT2D eigenvalue weighted by atomic mass is 9.84. The molecule has 0 saturated heterocycles. The second kappa shape index (κ2) is 22.3. The van der Waals surface area contributed by atoms with Crippen LogP contribution in [0.15, 0.2) is 0 Å². The maximum atomic E-state index is 12.3. The Bertz CT molecular complexity index is 626. The highest BCUT2D eigenvalue weighted by molar-refractivity contribution is 5.77. The highest BCUT2D eigenvalue weighted by Gasteiger charge is 2.27. The second-order valence-electron chi connectivity index (χ2n) is 8.39. The highest BCUT2D eigenvalue weighted by atomic mass is 16.5. The van der Waals surface area contributed by atoms with E-state index in [4.69, 9.17) is 26.4 Å². The summed E-state index contributed by atoms with van der Waals surface area (Å²) in [6.07, 6.45) is 8.68. The van der Waals surface area contributed by atoms with Gasteiger partial charge in [-0.15, -0.1) is 6.42 Å². The van der Waals surface area contributed by atoms with Crippen molar-refractivity contribution < 1.29 is 28.6 Å². The topological polar surface area (TPSA) is 141 Å². The summed E-state index contributed by atoms with van der Waals surface area (Å²) < 4.78 is 15.8. The third-order valence-electron chi connectivity index (χ3n) is 5.17. The molecular formula is C25H46N4O6. The van der Waals surface area contributed by atoms with Crippen molar-refractivity contribution in [2.75, 3.05) is 59.3 Å². The molecule has 1 unspecified atom stereocenters. The molecule has 0 heterocycles.